The number of ether oxygens (including phenoxy) is 1. The zero-order valence-corrected chi connectivity index (χ0v) is 22.0. The number of halogens is 2. The molecule has 1 saturated heterocycles. The van der Waals surface area contributed by atoms with Crippen LogP contribution in [-0.4, -0.2) is 58.8 Å². The Morgan fingerprint density at radius 3 is 2.46 bits per heavy atom. The topological polar surface area (TPSA) is 98.3 Å². The van der Waals surface area contributed by atoms with Gasteiger partial charge < -0.3 is 15.8 Å². The minimum atomic E-state index is -0.265. The van der Waals surface area contributed by atoms with Crippen molar-refractivity contribution in [3.05, 3.63) is 80.3 Å². The number of pyridine rings is 1. The summed E-state index contributed by atoms with van der Waals surface area (Å²) in [4.78, 5) is 24.8. The molecule has 2 aromatic heterocycles. The van der Waals surface area contributed by atoms with Gasteiger partial charge in [-0.1, -0.05) is 41.4 Å². The fourth-order valence-electron chi connectivity index (χ4n) is 4.52. The summed E-state index contributed by atoms with van der Waals surface area (Å²) in [5.74, 6) is 0.831. The molecule has 0 atom stereocenters. The summed E-state index contributed by atoms with van der Waals surface area (Å²) in [6, 6.07) is 15.0. The predicted octanol–water partition coefficient (Wildman–Crippen LogP) is 4.22. The highest BCUT2D eigenvalue weighted by atomic mass is 35.5. The largest absolute Gasteiger partial charge is 0.384 e. The quantitative estimate of drug-likeness (QED) is 0.363. The van der Waals surface area contributed by atoms with Crippen molar-refractivity contribution in [2.75, 3.05) is 50.4 Å². The Hall–Kier alpha value is -3.17. The van der Waals surface area contributed by atoms with Crippen molar-refractivity contribution >= 4 is 45.7 Å². The van der Waals surface area contributed by atoms with Crippen LogP contribution < -0.4 is 16.6 Å². The zero-order chi connectivity index (χ0) is 25.9. The third-order valence-electron chi connectivity index (χ3n) is 6.55. The number of rotatable bonds is 7. The molecule has 0 bridgehead atoms. The molecule has 10 heteroatoms. The van der Waals surface area contributed by atoms with Crippen molar-refractivity contribution in [3.8, 4) is 11.1 Å². The Morgan fingerprint density at radius 2 is 1.76 bits per heavy atom. The van der Waals surface area contributed by atoms with Gasteiger partial charge in [0.25, 0.3) is 5.56 Å². The van der Waals surface area contributed by atoms with E-state index < -0.39 is 0 Å². The second-order valence-corrected chi connectivity index (χ2v) is 9.85. The summed E-state index contributed by atoms with van der Waals surface area (Å²) < 4.78 is 6.86. The molecule has 0 spiro atoms. The van der Waals surface area contributed by atoms with Gasteiger partial charge in [-0.3, -0.25) is 14.3 Å². The van der Waals surface area contributed by atoms with Crippen LogP contribution in [0, 0.1) is 0 Å². The average molecular weight is 539 g/mol. The SMILES string of the molecule is Cn1c(=O)c(-c2c(Cl)cccc2Cl)cc2c(N)nc(Cc3ccc(NCCN4CCOCC4)cc3)nc21. The van der Waals surface area contributed by atoms with Crippen LogP contribution in [0.5, 0.6) is 0 Å². The van der Waals surface area contributed by atoms with E-state index in [1.807, 2.05) is 12.1 Å². The van der Waals surface area contributed by atoms with Crippen LogP contribution >= 0.6 is 23.2 Å². The number of aromatic nitrogens is 3. The molecule has 3 N–H and O–H groups in total. The number of nitrogens with one attached hydrogen (secondary N) is 1. The van der Waals surface area contributed by atoms with E-state index in [9.17, 15) is 4.79 Å². The molecule has 0 unspecified atom stereocenters. The van der Waals surface area contributed by atoms with Crippen LogP contribution in [-0.2, 0) is 18.2 Å². The van der Waals surface area contributed by atoms with E-state index >= 15 is 0 Å². The lowest BCUT2D eigenvalue weighted by atomic mass is 10.1. The Balaban J connectivity index is 1.34. The molecule has 5 rings (SSSR count). The van der Waals surface area contributed by atoms with Crippen molar-refractivity contribution in [3.63, 3.8) is 0 Å². The molecule has 4 aromatic rings. The highest BCUT2D eigenvalue weighted by Crippen LogP contribution is 2.34. The minimum absolute atomic E-state index is 0.265. The molecular formula is C27H28Cl2N6O2. The number of nitrogens with zero attached hydrogens (tertiary/aromatic N) is 4. The summed E-state index contributed by atoms with van der Waals surface area (Å²) >= 11 is 12.7. The smallest absolute Gasteiger partial charge is 0.259 e. The maximum absolute atomic E-state index is 13.2. The summed E-state index contributed by atoms with van der Waals surface area (Å²) in [5.41, 5.74) is 9.46. The van der Waals surface area contributed by atoms with Crippen molar-refractivity contribution < 1.29 is 4.74 Å². The Bertz CT molecular complexity index is 1460. The van der Waals surface area contributed by atoms with Crippen LogP contribution in [0.25, 0.3) is 22.2 Å². The average Bonchev–Trinajstić information content (AvgIpc) is 2.89. The molecular weight excluding hydrogens is 511 g/mol. The number of morpholine rings is 1. The van der Waals surface area contributed by atoms with E-state index in [-0.39, 0.29) is 5.56 Å². The van der Waals surface area contributed by atoms with Crippen LogP contribution in [0.4, 0.5) is 11.5 Å². The van der Waals surface area contributed by atoms with Gasteiger partial charge in [-0.15, -0.1) is 0 Å². The third kappa shape index (κ3) is 5.57. The van der Waals surface area contributed by atoms with Crippen LogP contribution in [0.3, 0.4) is 0 Å². The van der Waals surface area contributed by atoms with Gasteiger partial charge in [-0.2, -0.15) is 0 Å². The highest BCUT2D eigenvalue weighted by Gasteiger charge is 2.18. The van der Waals surface area contributed by atoms with Crippen molar-refractivity contribution in [2.24, 2.45) is 7.05 Å². The van der Waals surface area contributed by atoms with Crippen molar-refractivity contribution in [1.82, 2.24) is 19.4 Å². The van der Waals surface area contributed by atoms with E-state index in [0.29, 0.717) is 50.3 Å². The summed E-state index contributed by atoms with van der Waals surface area (Å²) in [6.45, 7) is 5.44. The number of fused-ring (bicyclic) bond motifs is 1. The Labute approximate surface area is 225 Å². The first-order valence-corrected chi connectivity index (χ1v) is 12.9. The molecule has 0 radical (unpaired) electrons. The summed E-state index contributed by atoms with van der Waals surface area (Å²) in [6.07, 6.45) is 0.487. The lowest BCUT2D eigenvalue weighted by molar-refractivity contribution is 0.0398. The van der Waals surface area contributed by atoms with Gasteiger partial charge in [-0.05, 0) is 35.9 Å². The highest BCUT2D eigenvalue weighted by molar-refractivity contribution is 6.39. The second kappa shape index (κ2) is 11.1. The number of hydrogen-bond donors (Lipinski definition) is 2. The first-order valence-electron chi connectivity index (χ1n) is 12.1. The van der Waals surface area contributed by atoms with Gasteiger partial charge >= 0.3 is 0 Å². The minimum Gasteiger partial charge on any atom is -0.384 e. The van der Waals surface area contributed by atoms with Gasteiger partial charge in [0, 0.05) is 50.9 Å². The molecule has 37 heavy (non-hydrogen) atoms. The first-order chi connectivity index (χ1) is 17.9. The summed E-state index contributed by atoms with van der Waals surface area (Å²) in [5, 5.41) is 4.81. The lowest BCUT2D eigenvalue weighted by Gasteiger charge is -2.26. The number of nitrogens with two attached hydrogens (primary N) is 1. The fourth-order valence-corrected chi connectivity index (χ4v) is 5.12. The van der Waals surface area contributed by atoms with E-state index in [1.54, 1.807) is 31.3 Å². The van der Waals surface area contributed by atoms with Crippen LogP contribution in [0.2, 0.25) is 10.0 Å². The van der Waals surface area contributed by atoms with E-state index in [4.69, 9.17) is 33.7 Å². The molecule has 2 aromatic carbocycles. The monoisotopic (exact) mass is 538 g/mol. The maximum Gasteiger partial charge on any atom is 0.259 e. The number of anilines is 2. The Kier molecular flexibility index (Phi) is 7.62. The number of benzene rings is 2. The molecule has 1 aliphatic rings. The fraction of sp³-hybridized carbons (Fsp3) is 0.296. The molecule has 0 saturated carbocycles. The van der Waals surface area contributed by atoms with Gasteiger partial charge in [0.2, 0.25) is 0 Å². The van der Waals surface area contributed by atoms with E-state index in [2.05, 4.69) is 32.3 Å². The molecule has 1 fully saturated rings. The third-order valence-corrected chi connectivity index (χ3v) is 7.18. The lowest BCUT2D eigenvalue weighted by Crippen LogP contribution is -2.38. The van der Waals surface area contributed by atoms with Gasteiger partial charge in [-0.25, -0.2) is 9.97 Å². The molecule has 0 amide bonds. The van der Waals surface area contributed by atoms with Gasteiger partial charge in [0.15, 0.2) is 0 Å². The molecule has 3 heterocycles. The Morgan fingerprint density at radius 1 is 1.05 bits per heavy atom. The maximum atomic E-state index is 13.2. The molecule has 1 aliphatic heterocycles. The van der Waals surface area contributed by atoms with E-state index in [1.165, 1.54) is 4.57 Å². The number of nitrogen functional groups attached to an aromatic ring is 1. The zero-order valence-electron chi connectivity index (χ0n) is 20.5. The van der Waals surface area contributed by atoms with Crippen molar-refractivity contribution in [1.29, 1.82) is 0 Å². The van der Waals surface area contributed by atoms with E-state index in [0.717, 1.165) is 50.6 Å². The summed E-state index contributed by atoms with van der Waals surface area (Å²) in [7, 11) is 1.66. The predicted molar refractivity (Wildman–Crippen MR) is 150 cm³/mol. The van der Waals surface area contributed by atoms with Gasteiger partial charge in [0.1, 0.15) is 17.3 Å². The molecule has 192 valence electrons. The second-order valence-electron chi connectivity index (χ2n) is 9.04. The molecule has 0 aliphatic carbocycles. The van der Waals surface area contributed by atoms with Crippen LogP contribution in [0.1, 0.15) is 11.4 Å². The van der Waals surface area contributed by atoms with Gasteiger partial charge in [0.05, 0.1) is 34.2 Å². The number of hydrogen-bond acceptors (Lipinski definition) is 7. The standard InChI is InChI=1S/C27H28Cl2N6O2/c1-34-26-20(16-19(27(34)36)24-21(28)3-2-4-22(24)29)25(30)32-23(33-26)15-17-5-7-18(8-6-17)31-9-10-35-11-13-37-14-12-35/h2-8,16,31H,9-15H2,1H3,(H2,30,32,33). The number of aryl methyl sites for hydroxylation is 1. The molecule has 8 nitrogen and oxygen atoms in total. The van der Waals surface area contributed by atoms with Crippen LogP contribution in [0.15, 0.2) is 53.3 Å². The van der Waals surface area contributed by atoms with Crippen molar-refractivity contribution in [2.45, 2.75) is 6.42 Å². The normalized spacial score (nSPS) is 14.2. The first kappa shape index (κ1) is 25.5.